The van der Waals surface area contributed by atoms with Gasteiger partial charge in [0.05, 0.1) is 38.5 Å². The molecule has 0 saturated carbocycles. The van der Waals surface area contributed by atoms with Gasteiger partial charge in [-0.2, -0.15) is 0 Å². The molecule has 57 heavy (non-hydrogen) atoms. The van der Waals surface area contributed by atoms with Crippen LogP contribution in [-0.2, 0) is 9.59 Å². The number of fused-ring (bicyclic) bond motifs is 4. The first kappa shape index (κ1) is 43.0. The molecule has 3 aromatic rings. The molecule has 1 amide bonds. The number of hydrogen-bond donors (Lipinski definition) is 1. The number of ketones is 1. The van der Waals surface area contributed by atoms with E-state index in [4.69, 9.17) is 39.5 Å². The predicted octanol–water partition coefficient (Wildman–Crippen LogP) is 10.1. The highest BCUT2D eigenvalue weighted by molar-refractivity contribution is 8.00. The number of carbonyl (C=O) groups excluding carboxylic acids is 3. The van der Waals surface area contributed by atoms with E-state index in [2.05, 4.69) is 114 Å². The number of allylic oxidation sites excluding steroid dienone is 2. The lowest BCUT2D eigenvalue weighted by Gasteiger charge is -2.41. The molecule has 11 heteroatoms. The van der Waals surface area contributed by atoms with E-state index in [1.165, 1.54) is 0 Å². The molecular weight excluding hydrogens is 797 g/mol. The van der Waals surface area contributed by atoms with E-state index in [0.717, 1.165) is 68.7 Å². The van der Waals surface area contributed by atoms with Crippen LogP contribution < -0.4 is 30.1 Å². The van der Waals surface area contributed by atoms with Gasteiger partial charge in [-0.05, 0) is 63.5 Å². The topological polar surface area (TPSA) is 78.7 Å². The van der Waals surface area contributed by atoms with Crippen LogP contribution in [0.15, 0.2) is 41.3 Å². The second-order valence-corrected chi connectivity index (χ2v) is 19.8. The first-order chi connectivity index (χ1) is 26.5. The molecule has 0 aliphatic carbocycles. The first-order valence-corrected chi connectivity index (χ1v) is 21.6. The van der Waals surface area contributed by atoms with Crippen LogP contribution >= 0.6 is 46.6 Å². The Labute approximate surface area is 356 Å². The lowest BCUT2D eigenvalue weighted by molar-refractivity contribution is -0.131. The quantitative estimate of drug-likeness (QED) is 0.0741. The molecule has 0 saturated heterocycles. The van der Waals surface area contributed by atoms with Gasteiger partial charge in [-0.3, -0.25) is 14.4 Å². The molecule has 0 fully saturated rings. The number of amides is 1. The third kappa shape index (κ3) is 7.72. The number of hydrogen-bond acceptors (Lipinski definition) is 6. The van der Waals surface area contributed by atoms with Crippen molar-refractivity contribution in [2.45, 2.75) is 111 Å². The molecule has 6 rings (SSSR count). The number of unbranched alkanes of at least 4 members (excludes halogenated alkanes) is 1. The van der Waals surface area contributed by atoms with Crippen LogP contribution in [0.4, 0.5) is 5.69 Å². The van der Waals surface area contributed by atoms with Crippen molar-refractivity contribution >= 4 is 86.9 Å². The minimum absolute atomic E-state index is 0.0247. The maximum absolute atomic E-state index is 13.5. The number of nitrogens with one attached hydrogen (secondary N) is 1. The first-order valence-electron chi connectivity index (χ1n) is 19.4. The molecule has 0 aromatic heterocycles. The molecule has 3 aliphatic rings. The van der Waals surface area contributed by atoms with E-state index in [-0.39, 0.29) is 49.2 Å². The summed E-state index contributed by atoms with van der Waals surface area (Å²) in [6.07, 6.45) is 7.41. The van der Waals surface area contributed by atoms with Gasteiger partial charge >= 0.3 is 0 Å². The van der Waals surface area contributed by atoms with Crippen LogP contribution in [0.5, 0.6) is 11.5 Å². The van der Waals surface area contributed by atoms with Crippen molar-refractivity contribution in [2.75, 3.05) is 24.7 Å². The number of halogens is 3. The van der Waals surface area contributed by atoms with E-state index < -0.39 is 11.5 Å². The summed E-state index contributed by atoms with van der Waals surface area (Å²) in [5, 5.41) is 5.02. The summed E-state index contributed by atoms with van der Waals surface area (Å²) in [6.45, 7) is 20.5. The van der Waals surface area contributed by atoms with Crippen LogP contribution in [0.25, 0.3) is 16.7 Å². The number of ether oxygens (including phenoxy) is 1. The predicted molar refractivity (Wildman–Crippen MR) is 238 cm³/mol. The number of nitrogens with zero attached hydrogens (tertiary/aromatic N) is 2. The molecule has 1 unspecified atom stereocenters. The highest BCUT2D eigenvalue weighted by Gasteiger charge is 2.37. The molecular formula is C46H53Cl3N3O4S+. The zero-order valence-electron chi connectivity index (χ0n) is 35.0. The fraction of sp³-hybridized carbons (Fsp3) is 0.435. The minimum Gasteiger partial charge on any atom is -0.456 e. The lowest BCUT2D eigenvalue weighted by Crippen LogP contribution is -2.47. The second-order valence-electron chi connectivity index (χ2n) is 17.6. The van der Waals surface area contributed by atoms with Crippen LogP contribution in [-0.4, -0.2) is 54.9 Å². The normalized spacial score (nSPS) is 17.0. The van der Waals surface area contributed by atoms with Crippen molar-refractivity contribution in [3.63, 3.8) is 0 Å². The van der Waals surface area contributed by atoms with Crippen molar-refractivity contribution < 1.29 is 19.1 Å². The largest absolute Gasteiger partial charge is 0.456 e. The molecule has 0 spiro atoms. The smallest absolute Gasteiger partial charge is 0.230 e. The van der Waals surface area contributed by atoms with Gasteiger partial charge in [-0.1, -0.05) is 81.4 Å². The number of rotatable bonds is 10. The SMILES string of the molecule is CCCCC(NC(=O)CSc1c(Cl)c(Cl)c(C=O)c(C2=c3cc4c(cc3Oc3cc5c(cc32)C(C)=CC(C)(C)N5C)=[N+](C)C(C)(C)C=C4C)c1Cl)C(=O)C(C)(C)C. The van der Waals surface area contributed by atoms with E-state index >= 15 is 0 Å². The van der Waals surface area contributed by atoms with Gasteiger partial charge in [0.15, 0.2) is 17.6 Å². The third-order valence-electron chi connectivity index (χ3n) is 11.7. The lowest BCUT2D eigenvalue weighted by atomic mass is 9.83. The third-order valence-corrected chi connectivity index (χ3v) is 14.2. The van der Waals surface area contributed by atoms with Crippen molar-refractivity contribution in [1.29, 1.82) is 0 Å². The molecule has 1 atom stereocenters. The van der Waals surface area contributed by atoms with Gasteiger partial charge in [-0.15, -0.1) is 11.8 Å². The summed E-state index contributed by atoms with van der Waals surface area (Å²) < 4.78 is 9.09. The van der Waals surface area contributed by atoms with Crippen molar-refractivity contribution in [1.82, 2.24) is 9.89 Å². The number of Topliss-reactive ketones (excluding diaryl/α,β-unsaturated/α-hetero) is 1. The number of aldehydes is 1. The van der Waals surface area contributed by atoms with Crippen molar-refractivity contribution in [3.05, 3.63) is 89.9 Å². The second kappa shape index (κ2) is 15.6. The van der Waals surface area contributed by atoms with Gasteiger partial charge in [0.25, 0.3) is 0 Å². The van der Waals surface area contributed by atoms with Crippen LogP contribution in [0, 0.1) is 5.41 Å². The molecule has 302 valence electrons. The standard InChI is InChI=1S/C46H52Cl3N3O4S/c1-13-14-15-31(43(55)44(4,5)6)50-36(54)23-57-42-40(48)38(30(22-53)39(47)41(42)49)37-28-16-26-24(2)20-45(7,8)51(11)32(26)18-34(28)56-35-19-33-27(17-29(35)37)25(3)21-46(9,10)52(33)12/h16-22,31H,13-15,23H2,1-12H3/p+1. The van der Waals surface area contributed by atoms with Gasteiger partial charge in [0, 0.05) is 81.6 Å². The number of benzene rings is 3. The van der Waals surface area contributed by atoms with Crippen LogP contribution in [0.3, 0.4) is 0 Å². The number of likely N-dealkylation sites (N-methyl/N-ethyl adjacent to an activating group) is 2. The molecule has 7 nitrogen and oxygen atoms in total. The Hall–Kier alpha value is -3.56. The molecule has 3 aromatic carbocycles. The monoisotopic (exact) mass is 848 g/mol. The number of carbonyl (C=O) groups is 3. The van der Waals surface area contributed by atoms with Gasteiger partial charge in [-0.25, -0.2) is 4.58 Å². The summed E-state index contributed by atoms with van der Waals surface area (Å²) in [5.41, 5.74) is 6.11. The Kier molecular flexibility index (Phi) is 11.7. The molecule has 0 radical (unpaired) electrons. The number of thioether (sulfide) groups is 1. The number of anilines is 1. The summed E-state index contributed by atoms with van der Waals surface area (Å²) >= 11 is 22.5. The molecule has 3 aliphatic heterocycles. The van der Waals surface area contributed by atoms with Gasteiger partial charge in [0.1, 0.15) is 18.5 Å². The summed E-state index contributed by atoms with van der Waals surface area (Å²) in [5.74, 6) is 0.767. The average molecular weight is 850 g/mol. The van der Waals surface area contributed by atoms with E-state index in [0.29, 0.717) is 40.2 Å². The summed E-state index contributed by atoms with van der Waals surface area (Å²) in [4.78, 5) is 42.6. The summed E-state index contributed by atoms with van der Waals surface area (Å²) in [6, 6.07) is 7.71. The average Bonchev–Trinajstić information content (AvgIpc) is 3.13. The van der Waals surface area contributed by atoms with Crippen molar-refractivity contribution in [2.24, 2.45) is 5.41 Å². The summed E-state index contributed by atoms with van der Waals surface area (Å²) in [7, 11) is 4.15. The van der Waals surface area contributed by atoms with Crippen LogP contribution in [0.1, 0.15) is 121 Å². The zero-order chi connectivity index (χ0) is 42.1. The molecule has 1 N–H and O–H groups in total. The zero-order valence-corrected chi connectivity index (χ0v) is 38.1. The fourth-order valence-corrected chi connectivity index (χ4v) is 10.1. The maximum atomic E-state index is 13.5. The Balaban J connectivity index is 1.59. The Morgan fingerprint density at radius 3 is 2.25 bits per heavy atom. The van der Waals surface area contributed by atoms with Crippen molar-refractivity contribution in [3.8, 4) is 11.5 Å². The highest BCUT2D eigenvalue weighted by atomic mass is 35.5. The van der Waals surface area contributed by atoms with E-state index in [1.807, 2.05) is 20.8 Å². The van der Waals surface area contributed by atoms with Gasteiger partial charge in [0.2, 0.25) is 11.3 Å². The highest BCUT2D eigenvalue weighted by Crippen LogP contribution is 2.51. The van der Waals surface area contributed by atoms with E-state index in [1.54, 1.807) is 0 Å². The van der Waals surface area contributed by atoms with Crippen LogP contribution in [0.2, 0.25) is 15.1 Å². The fourth-order valence-electron chi connectivity index (χ4n) is 8.16. The van der Waals surface area contributed by atoms with E-state index in [9.17, 15) is 14.4 Å². The Bertz CT molecular complexity index is 2440. The van der Waals surface area contributed by atoms with Gasteiger partial charge < -0.3 is 15.0 Å². The molecule has 3 heterocycles. The maximum Gasteiger partial charge on any atom is 0.230 e. The Morgan fingerprint density at radius 2 is 1.61 bits per heavy atom. The Morgan fingerprint density at radius 1 is 0.947 bits per heavy atom. The molecule has 0 bridgehead atoms. The minimum atomic E-state index is -0.621.